The second-order valence-electron chi connectivity index (χ2n) is 3.55. The molecule has 0 saturated heterocycles. The molecule has 1 aromatic heterocycles. The van der Waals surface area contributed by atoms with E-state index >= 15 is 0 Å². The van der Waals surface area contributed by atoms with Crippen LogP contribution in [0.1, 0.15) is 11.6 Å². The second-order valence-corrected chi connectivity index (χ2v) is 4.33. The van der Waals surface area contributed by atoms with Crippen molar-refractivity contribution in [2.45, 2.75) is 6.04 Å². The van der Waals surface area contributed by atoms with Gasteiger partial charge >= 0.3 is 0 Å². The van der Waals surface area contributed by atoms with Crippen LogP contribution in [0.3, 0.4) is 0 Å². The van der Waals surface area contributed by atoms with Crippen molar-refractivity contribution in [3.63, 3.8) is 0 Å². The molecule has 0 spiro atoms. The van der Waals surface area contributed by atoms with Crippen LogP contribution >= 0.6 is 11.3 Å². The summed E-state index contributed by atoms with van der Waals surface area (Å²) in [6.07, 6.45) is 0. The molecular weight excluding hydrogens is 196 g/mol. The highest BCUT2D eigenvalue weighted by atomic mass is 32.1. The number of thiophene rings is 1. The molecular formula is C10H18N2OS. The topological polar surface area (TPSA) is 35.5 Å². The molecule has 1 unspecified atom stereocenters. The summed E-state index contributed by atoms with van der Waals surface area (Å²) in [7, 11) is 4.08. The number of nitrogens with one attached hydrogen (secondary N) is 1. The van der Waals surface area contributed by atoms with Crippen molar-refractivity contribution in [3.8, 4) is 0 Å². The highest BCUT2D eigenvalue weighted by Crippen LogP contribution is 2.15. The Morgan fingerprint density at radius 2 is 2.36 bits per heavy atom. The molecule has 0 fully saturated rings. The molecule has 0 aliphatic rings. The predicted molar refractivity (Wildman–Crippen MR) is 60.7 cm³/mol. The van der Waals surface area contributed by atoms with Gasteiger partial charge in [0, 0.05) is 13.1 Å². The molecule has 0 amide bonds. The molecule has 1 atom stereocenters. The Morgan fingerprint density at radius 1 is 1.57 bits per heavy atom. The molecule has 3 nitrogen and oxygen atoms in total. The normalized spacial score (nSPS) is 13.4. The molecule has 0 aromatic carbocycles. The third-order valence-electron chi connectivity index (χ3n) is 2.08. The summed E-state index contributed by atoms with van der Waals surface area (Å²) in [6, 6.07) is 2.13. The first-order chi connectivity index (χ1) is 6.74. The van der Waals surface area contributed by atoms with Crippen LogP contribution in [0.15, 0.2) is 16.8 Å². The maximum absolute atomic E-state index is 9.19. The van der Waals surface area contributed by atoms with Gasteiger partial charge in [0.1, 0.15) is 0 Å². The summed E-state index contributed by atoms with van der Waals surface area (Å²) in [6.45, 7) is 2.04. The first-order valence-corrected chi connectivity index (χ1v) is 5.69. The van der Waals surface area contributed by atoms with Crippen molar-refractivity contribution in [1.82, 2.24) is 10.2 Å². The van der Waals surface area contributed by atoms with Crippen LogP contribution in [-0.4, -0.2) is 43.8 Å². The van der Waals surface area contributed by atoms with E-state index in [0.717, 1.165) is 13.1 Å². The zero-order valence-electron chi connectivity index (χ0n) is 8.73. The van der Waals surface area contributed by atoms with Gasteiger partial charge in [-0.25, -0.2) is 0 Å². The standard InChI is InChI=1S/C10H18N2OS/c1-12(2)5-4-11-10(7-13)9-3-6-14-8-9/h3,6,8,10-11,13H,4-5,7H2,1-2H3. The number of nitrogens with zero attached hydrogens (tertiary/aromatic N) is 1. The molecule has 0 saturated carbocycles. The number of aliphatic hydroxyl groups is 1. The highest BCUT2D eigenvalue weighted by molar-refractivity contribution is 7.07. The van der Waals surface area contributed by atoms with E-state index in [9.17, 15) is 5.11 Å². The second kappa shape index (κ2) is 6.14. The van der Waals surface area contributed by atoms with Crippen molar-refractivity contribution in [1.29, 1.82) is 0 Å². The molecule has 1 heterocycles. The van der Waals surface area contributed by atoms with Crippen molar-refractivity contribution in [2.75, 3.05) is 33.8 Å². The Hall–Kier alpha value is -0.420. The number of hydrogen-bond donors (Lipinski definition) is 2. The summed E-state index contributed by atoms with van der Waals surface area (Å²) in [5, 5.41) is 16.6. The van der Waals surface area contributed by atoms with E-state index < -0.39 is 0 Å². The predicted octanol–water partition coefficient (Wildman–Crippen LogP) is 0.933. The molecule has 2 N–H and O–H groups in total. The number of rotatable bonds is 6. The van der Waals surface area contributed by atoms with E-state index in [4.69, 9.17) is 0 Å². The van der Waals surface area contributed by atoms with Gasteiger partial charge < -0.3 is 15.3 Å². The van der Waals surface area contributed by atoms with Crippen LogP contribution in [0.4, 0.5) is 0 Å². The van der Waals surface area contributed by atoms with Gasteiger partial charge in [-0.15, -0.1) is 0 Å². The van der Waals surface area contributed by atoms with E-state index in [1.165, 1.54) is 5.56 Å². The van der Waals surface area contributed by atoms with Crippen molar-refractivity contribution >= 4 is 11.3 Å². The number of aliphatic hydroxyl groups excluding tert-OH is 1. The fraction of sp³-hybridized carbons (Fsp3) is 0.600. The molecule has 0 radical (unpaired) electrons. The summed E-state index contributed by atoms with van der Waals surface area (Å²) < 4.78 is 0. The highest BCUT2D eigenvalue weighted by Gasteiger charge is 2.09. The third kappa shape index (κ3) is 3.75. The molecule has 4 heteroatoms. The zero-order chi connectivity index (χ0) is 10.4. The minimum absolute atomic E-state index is 0.0844. The Balaban J connectivity index is 2.33. The minimum atomic E-state index is 0.0844. The van der Waals surface area contributed by atoms with E-state index in [-0.39, 0.29) is 12.6 Å². The van der Waals surface area contributed by atoms with Crippen LogP contribution in [0, 0.1) is 0 Å². The molecule has 1 aromatic rings. The summed E-state index contributed by atoms with van der Waals surface area (Å²) >= 11 is 1.66. The zero-order valence-corrected chi connectivity index (χ0v) is 9.55. The lowest BCUT2D eigenvalue weighted by Crippen LogP contribution is -2.31. The van der Waals surface area contributed by atoms with E-state index in [1.54, 1.807) is 11.3 Å². The van der Waals surface area contributed by atoms with Gasteiger partial charge in [-0.05, 0) is 36.5 Å². The van der Waals surface area contributed by atoms with Crippen LogP contribution in [0.2, 0.25) is 0 Å². The summed E-state index contributed by atoms with van der Waals surface area (Å²) in [5.41, 5.74) is 1.18. The molecule has 1 rings (SSSR count). The maximum atomic E-state index is 9.19. The maximum Gasteiger partial charge on any atom is 0.0626 e. The third-order valence-corrected chi connectivity index (χ3v) is 2.78. The Kier molecular flexibility index (Phi) is 5.11. The van der Waals surface area contributed by atoms with Crippen LogP contribution in [0.5, 0.6) is 0 Å². The minimum Gasteiger partial charge on any atom is -0.394 e. The first-order valence-electron chi connectivity index (χ1n) is 4.75. The largest absolute Gasteiger partial charge is 0.394 e. The lowest BCUT2D eigenvalue weighted by Gasteiger charge is -2.17. The van der Waals surface area contributed by atoms with Crippen molar-refractivity contribution in [2.24, 2.45) is 0 Å². The van der Waals surface area contributed by atoms with Gasteiger partial charge in [-0.3, -0.25) is 0 Å². The van der Waals surface area contributed by atoms with Gasteiger partial charge in [-0.2, -0.15) is 11.3 Å². The summed E-state index contributed by atoms with van der Waals surface area (Å²) in [4.78, 5) is 2.12. The van der Waals surface area contributed by atoms with Gasteiger partial charge in [0.2, 0.25) is 0 Å². The molecule has 0 aliphatic heterocycles. The molecule has 0 aliphatic carbocycles. The van der Waals surface area contributed by atoms with Crippen LogP contribution in [0.25, 0.3) is 0 Å². The molecule has 14 heavy (non-hydrogen) atoms. The van der Waals surface area contributed by atoms with Crippen LogP contribution in [-0.2, 0) is 0 Å². The van der Waals surface area contributed by atoms with Gasteiger partial charge in [0.25, 0.3) is 0 Å². The monoisotopic (exact) mass is 214 g/mol. The number of likely N-dealkylation sites (N-methyl/N-ethyl adjacent to an activating group) is 1. The lowest BCUT2D eigenvalue weighted by molar-refractivity contribution is 0.240. The van der Waals surface area contributed by atoms with Gasteiger partial charge in [0.15, 0.2) is 0 Å². The van der Waals surface area contributed by atoms with Gasteiger partial charge in [0.05, 0.1) is 12.6 Å². The summed E-state index contributed by atoms with van der Waals surface area (Å²) in [5.74, 6) is 0. The fourth-order valence-corrected chi connectivity index (χ4v) is 1.94. The fourth-order valence-electron chi connectivity index (χ4n) is 1.22. The van der Waals surface area contributed by atoms with E-state index in [1.807, 2.05) is 25.5 Å². The van der Waals surface area contributed by atoms with E-state index in [2.05, 4.69) is 15.6 Å². The first kappa shape index (κ1) is 11.7. The SMILES string of the molecule is CN(C)CCNC(CO)c1ccsc1. The lowest BCUT2D eigenvalue weighted by atomic mass is 10.1. The van der Waals surface area contributed by atoms with Gasteiger partial charge in [-0.1, -0.05) is 0 Å². The van der Waals surface area contributed by atoms with E-state index in [0.29, 0.717) is 0 Å². The quantitative estimate of drug-likeness (QED) is 0.739. The Morgan fingerprint density at radius 3 is 2.86 bits per heavy atom. The Labute approximate surface area is 89.4 Å². The molecule has 0 bridgehead atoms. The smallest absolute Gasteiger partial charge is 0.0626 e. The molecule has 80 valence electrons. The average molecular weight is 214 g/mol. The Bertz CT molecular complexity index is 236. The van der Waals surface area contributed by atoms with Crippen molar-refractivity contribution < 1.29 is 5.11 Å². The van der Waals surface area contributed by atoms with Crippen molar-refractivity contribution in [3.05, 3.63) is 22.4 Å². The average Bonchev–Trinajstić information content (AvgIpc) is 2.64. The van der Waals surface area contributed by atoms with Crippen LogP contribution < -0.4 is 5.32 Å². The number of hydrogen-bond acceptors (Lipinski definition) is 4.